The van der Waals surface area contributed by atoms with Gasteiger partial charge in [-0.2, -0.15) is 5.26 Å². The van der Waals surface area contributed by atoms with Gasteiger partial charge in [0.05, 0.1) is 23.0 Å². The monoisotopic (exact) mass is 425 g/mol. The third kappa shape index (κ3) is 4.40. The Labute approximate surface area is 183 Å². The Morgan fingerprint density at radius 1 is 1.20 bits per heavy atom. The first-order valence-corrected chi connectivity index (χ1v) is 11.7. The molecule has 0 unspecified atom stereocenters. The van der Waals surface area contributed by atoms with E-state index >= 15 is 0 Å². The summed E-state index contributed by atoms with van der Waals surface area (Å²) in [4.78, 5) is 9.28. The van der Waals surface area contributed by atoms with Crippen LogP contribution >= 0.6 is 11.3 Å². The zero-order valence-corrected chi connectivity index (χ0v) is 18.9. The van der Waals surface area contributed by atoms with Gasteiger partial charge in [-0.1, -0.05) is 0 Å². The van der Waals surface area contributed by atoms with Gasteiger partial charge in [-0.15, -0.1) is 11.3 Å². The lowest BCUT2D eigenvalue weighted by Crippen LogP contribution is -2.48. The molecule has 1 aromatic carbocycles. The van der Waals surface area contributed by atoms with Crippen LogP contribution in [0.15, 0.2) is 23.6 Å². The maximum absolute atomic E-state index is 9.82. The van der Waals surface area contributed by atoms with Gasteiger partial charge in [0.2, 0.25) is 0 Å². The standard InChI is InChI=1S/C23H31N5OS/c1-23(2,3)27-11-8-17(9-12-27)29-18-6-7-20(16(13-18)14-24)28-10-4-5-21(28)19-15-30-22(25)26-19/h6-7,13,15,17,21H,4-5,8-12H2,1-3H3,(H2,25,26)/t21-/m1/s1. The molecule has 0 aliphatic carbocycles. The van der Waals surface area contributed by atoms with Crippen molar-refractivity contribution in [2.24, 2.45) is 0 Å². The van der Waals surface area contributed by atoms with Crippen LogP contribution in [0.1, 0.15) is 63.8 Å². The van der Waals surface area contributed by atoms with Crippen molar-refractivity contribution in [3.05, 3.63) is 34.8 Å². The first kappa shape index (κ1) is 21.0. The number of ether oxygens (including phenoxy) is 1. The van der Waals surface area contributed by atoms with E-state index in [1.54, 1.807) is 0 Å². The van der Waals surface area contributed by atoms with Crippen LogP contribution in [0.5, 0.6) is 5.75 Å². The minimum atomic E-state index is 0.180. The first-order chi connectivity index (χ1) is 14.3. The lowest BCUT2D eigenvalue weighted by Gasteiger charge is -2.40. The number of likely N-dealkylation sites (tertiary alicyclic amines) is 1. The van der Waals surface area contributed by atoms with Gasteiger partial charge in [-0.3, -0.25) is 4.90 Å². The number of benzene rings is 1. The topological polar surface area (TPSA) is 78.4 Å². The second kappa shape index (κ2) is 8.44. The highest BCUT2D eigenvalue weighted by atomic mass is 32.1. The Morgan fingerprint density at radius 3 is 2.60 bits per heavy atom. The Bertz CT molecular complexity index is 920. The summed E-state index contributed by atoms with van der Waals surface area (Å²) in [6.07, 6.45) is 4.34. The van der Waals surface area contributed by atoms with Crippen LogP contribution < -0.4 is 15.4 Å². The predicted octanol–water partition coefficient (Wildman–Crippen LogP) is 4.58. The normalized spacial score (nSPS) is 21.0. The highest BCUT2D eigenvalue weighted by Crippen LogP contribution is 2.39. The highest BCUT2D eigenvalue weighted by molar-refractivity contribution is 7.13. The minimum Gasteiger partial charge on any atom is -0.490 e. The summed E-state index contributed by atoms with van der Waals surface area (Å²) in [5.74, 6) is 0.790. The van der Waals surface area contributed by atoms with E-state index in [9.17, 15) is 5.26 Å². The number of nitrogens with zero attached hydrogens (tertiary/aromatic N) is 4. The van der Waals surface area contributed by atoms with E-state index in [1.807, 2.05) is 23.6 Å². The molecule has 2 aliphatic rings. The summed E-state index contributed by atoms with van der Waals surface area (Å²) in [5, 5.41) is 12.5. The van der Waals surface area contributed by atoms with Crippen LogP contribution in [0.3, 0.4) is 0 Å². The number of piperidine rings is 1. The molecule has 0 saturated carbocycles. The molecule has 0 amide bonds. The summed E-state index contributed by atoms with van der Waals surface area (Å²) < 4.78 is 6.27. The van der Waals surface area contributed by atoms with Crippen LogP contribution in [0.2, 0.25) is 0 Å². The molecule has 0 radical (unpaired) electrons. The number of nitriles is 1. The quantitative estimate of drug-likeness (QED) is 0.772. The molecule has 0 bridgehead atoms. The third-order valence-corrected chi connectivity index (χ3v) is 6.92. The minimum absolute atomic E-state index is 0.180. The molecule has 2 aliphatic heterocycles. The molecule has 2 saturated heterocycles. The summed E-state index contributed by atoms with van der Waals surface area (Å²) in [6.45, 7) is 9.79. The lowest BCUT2D eigenvalue weighted by molar-refractivity contribution is 0.0491. The van der Waals surface area contributed by atoms with E-state index < -0.39 is 0 Å². The van der Waals surface area contributed by atoms with Crippen molar-refractivity contribution in [3.8, 4) is 11.8 Å². The van der Waals surface area contributed by atoms with Crippen molar-refractivity contribution in [2.75, 3.05) is 30.3 Å². The average molecular weight is 426 g/mol. The number of anilines is 2. The molecular weight excluding hydrogens is 394 g/mol. The Hall–Kier alpha value is -2.30. The van der Waals surface area contributed by atoms with Crippen molar-refractivity contribution < 1.29 is 4.74 Å². The van der Waals surface area contributed by atoms with Crippen molar-refractivity contribution in [2.45, 2.75) is 64.1 Å². The molecule has 2 fully saturated rings. The van der Waals surface area contributed by atoms with Crippen LogP contribution in [0, 0.1) is 11.3 Å². The molecule has 1 atom stereocenters. The number of thiazole rings is 1. The SMILES string of the molecule is CC(C)(C)N1CCC(Oc2ccc(N3CCC[C@@H]3c3csc(N)n3)c(C#N)c2)CC1. The molecule has 0 spiro atoms. The second-order valence-electron chi connectivity index (χ2n) is 9.23. The van der Waals surface area contributed by atoms with Gasteiger partial charge in [0.25, 0.3) is 0 Å². The molecular formula is C23H31N5OS. The summed E-state index contributed by atoms with van der Waals surface area (Å²) in [6, 6.07) is 8.51. The zero-order chi connectivity index (χ0) is 21.3. The van der Waals surface area contributed by atoms with Crippen molar-refractivity contribution in [3.63, 3.8) is 0 Å². The van der Waals surface area contributed by atoms with E-state index in [0.29, 0.717) is 10.7 Å². The Kier molecular flexibility index (Phi) is 5.90. The van der Waals surface area contributed by atoms with Gasteiger partial charge < -0.3 is 15.4 Å². The number of nitrogen functional groups attached to an aromatic ring is 1. The molecule has 30 heavy (non-hydrogen) atoms. The van der Waals surface area contributed by atoms with Gasteiger partial charge >= 0.3 is 0 Å². The van der Waals surface area contributed by atoms with Gasteiger partial charge in [0, 0.05) is 36.6 Å². The van der Waals surface area contributed by atoms with Gasteiger partial charge in [0.1, 0.15) is 17.9 Å². The van der Waals surface area contributed by atoms with Crippen LogP contribution in [0.4, 0.5) is 10.8 Å². The summed E-state index contributed by atoms with van der Waals surface area (Å²) >= 11 is 1.47. The largest absolute Gasteiger partial charge is 0.490 e. The smallest absolute Gasteiger partial charge is 0.180 e. The van der Waals surface area contributed by atoms with Crippen molar-refractivity contribution in [1.29, 1.82) is 5.26 Å². The summed E-state index contributed by atoms with van der Waals surface area (Å²) in [7, 11) is 0. The second-order valence-corrected chi connectivity index (χ2v) is 10.1. The zero-order valence-electron chi connectivity index (χ0n) is 18.1. The van der Waals surface area contributed by atoms with Gasteiger partial charge in [0.15, 0.2) is 5.13 Å². The lowest BCUT2D eigenvalue weighted by atomic mass is 9.99. The predicted molar refractivity (Wildman–Crippen MR) is 122 cm³/mol. The van der Waals surface area contributed by atoms with E-state index in [4.69, 9.17) is 10.5 Å². The first-order valence-electron chi connectivity index (χ1n) is 10.8. The molecule has 7 heteroatoms. The number of rotatable bonds is 4. The van der Waals surface area contributed by atoms with Crippen LogP contribution in [0.25, 0.3) is 0 Å². The maximum atomic E-state index is 9.82. The molecule has 4 rings (SSSR count). The van der Waals surface area contributed by atoms with Crippen LogP contribution in [-0.2, 0) is 0 Å². The molecule has 3 heterocycles. The molecule has 160 valence electrons. The Morgan fingerprint density at radius 2 is 1.97 bits per heavy atom. The van der Waals surface area contributed by atoms with E-state index in [2.05, 4.69) is 41.6 Å². The number of hydrogen-bond acceptors (Lipinski definition) is 7. The van der Waals surface area contributed by atoms with Gasteiger partial charge in [-0.05, 0) is 58.6 Å². The van der Waals surface area contributed by atoms with Crippen molar-refractivity contribution >= 4 is 22.2 Å². The van der Waals surface area contributed by atoms with E-state index in [1.165, 1.54) is 11.3 Å². The fraction of sp³-hybridized carbons (Fsp3) is 0.565. The highest BCUT2D eigenvalue weighted by Gasteiger charge is 2.31. The number of hydrogen-bond donors (Lipinski definition) is 1. The third-order valence-electron chi connectivity index (χ3n) is 6.23. The van der Waals surface area contributed by atoms with Gasteiger partial charge in [-0.25, -0.2) is 4.98 Å². The fourth-order valence-corrected chi connectivity index (χ4v) is 5.19. The number of aromatic nitrogens is 1. The molecule has 2 N–H and O–H groups in total. The average Bonchev–Trinajstić information content (AvgIpc) is 3.36. The molecule has 1 aromatic heterocycles. The maximum Gasteiger partial charge on any atom is 0.180 e. The van der Waals surface area contributed by atoms with Crippen molar-refractivity contribution in [1.82, 2.24) is 9.88 Å². The van der Waals surface area contributed by atoms with Crippen LogP contribution in [-0.4, -0.2) is 41.2 Å². The molecule has 6 nitrogen and oxygen atoms in total. The van der Waals surface area contributed by atoms with E-state index in [0.717, 1.165) is 62.4 Å². The Balaban J connectivity index is 1.47. The number of nitrogens with two attached hydrogens (primary N) is 1. The summed E-state index contributed by atoms with van der Waals surface area (Å²) in [5.41, 5.74) is 8.67. The fourth-order valence-electron chi connectivity index (χ4n) is 4.58. The van der Waals surface area contributed by atoms with E-state index in [-0.39, 0.29) is 17.7 Å². The molecule has 2 aromatic rings.